The predicted octanol–water partition coefficient (Wildman–Crippen LogP) is 2.32. The number of benzene rings is 1. The summed E-state index contributed by atoms with van der Waals surface area (Å²) in [4.78, 5) is 18.3. The lowest BCUT2D eigenvalue weighted by Crippen LogP contribution is -2.17. The molecule has 3 rings (SSSR count). The Bertz CT molecular complexity index is 823. The first-order valence-electron chi connectivity index (χ1n) is 6.55. The summed E-state index contributed by atoms with van der Waals surface area (Å²) in [5.41, 5.74) is 2.58. The molecule has 0 aliphatic carbocycles. The summed E-state index contributed by atoms with van der Waals surface area (Å²) in [6.07, 6.45) is 3.34. The third-order valence-corrected chi connectivity index (χ3v) is 3.05. The average molecular weight is 302 g/mol. The largest absolute Gasteiger partial charge is 0.291 e. The van der Waals surface area contributed by atoms with E-state index in [-0.39, 0.29) is 23.6 Å². The van der Waals surface area contributed by atoms with Crippen molar-refractivity contribution in [3.63, 3.8) is 0 Å². The van der Waals surface area contributed by atoms with Crippen LogP contribution in [0, 0.1) is 11.6 Å². The molecule has 3 aromatic rings. The van der Waals surface area contributed by atoms with E-state index in [2.05, 4.69) is 15.4 Å². The van der Waals surface area contributed by atoms with Gasteiger partial charge in [0.15, 0.2) is 0 Å². The van der Waals surface area contributed by atoms with Gasteiger partial charge in [0.1, 0.15) is 11.6 Å². The fourth-order valence-corrected chi connectivity index (χ4v) is 2.07. The second-order valence-electron chi connectivity index (χ2n) is 4.66. The smallest absolute Gasteiger partial charge is 0.252 e. The van der Waals surface area contributed by atoms with Crippen LogP contribution in [0.3, 0.4) is 0 Å². The Labute approximate surface area is 124 Å². The topological polar surface area (TPSA) is 62.7 Å². The summed E-state index contributed by atoms with van der Waals surface area (Å²) in [7, 11) is 0. The maximum absolute atomic E-state index is 13.7. The van der Waals surface area contributed by atoms with E-state index in [1.165, 1.54) is 24.3 Å². The fourth-order valence-electron chi connectivity index (χ4n) is 2.07. The Balaban J connectivity index is 1.91. The Hall–Kier alpha value is -2.96. The molecule has 22 heavy (non-hydrogen) atoms. The number of aromatic nitrogens is 3. The zero-order valence-electron chi connectivity index (χ0n) is 11.4. The van der Waals surface area contributed by atoms with E-state index in [1.54, 1.807) is 29.2 Å². The van der Waals surface area contributed by atoms with Crippen molar-refractivity contribution in [3.05, 3.63) is 82.0 Å². The van der Waals surface area contributed by atoms with Crippen LogP contribution in [0.2, 0.25) is 0 Å². The number of hydrogen-bond donors (Lipinski definition) is 2. The van der Waals surface area contributed by atoms with Gasteiger partial charge in [0.2, 0.25) is 5.95 Å². The Morgan fingerprint density at radius 3 is 2.50 bits per heavy atom. The lowest BCUT2D eigenvalue weighted by Gasteiger charge is -2.08. The molecule has 112 valence electrons. The van der Waals surface area contributed by atoms with Gasteiger partial charge in [0.25, 0.3) is 5.56 Å². The van der Waals surface area contributed by atoms with Crippen LogP contribution >= 0.6 is 0 Å². The van der Waals surface area contributed by atoms with E-state index >= 15 is 0 Å². The standard InChI is InChI=1S/C15H12F2N4O/c16-12-4-3-5-13(17)11(12)8-10-9-14(22)19-15(18-10)20-21-6-1-2-7-21/h1-7,9H,8H2,(H2,18,19,20,22). The highest BCUT2D eigenvalue weighted by Crippen LogP contribution is 2.15. The van der Waals surface area contributed by atoms with Crippen LogP contribution in [0.1, 0.15) is 11.3 Å². The summed E-state index contributed by atoms with van der Waals surface area (Å²) in [5, 5.41) is 0. The van der Waals surface area contributed by atoms with E-state index < -0.39 is 17.2 Å². The third-order valence-electron chi connectivity index (χ3n) is 3.05. The number of nitrogens with one attached hydrogen (secondary N) is 2. The van der Waals surface area contributed by atoms with Crippen molar-refractivity contribution in [2.24, 2.45) is 0 Å². The third kappa shape index (κ3) is 3.03. The zero-order chi connectivity index (χ0) is 15.5. The first kappa shape index (κ1) is 14.0. The molecule has 0 bridgehead atoms. The van der Waals surface area contributed by atoms with Crippen LogP contribution in [0.4, 0.5) is 14.7 Å². The van der Waals surface area contributed by atoms with Crippen LogP contribution in [0.15, 0.2) is 53.6 Å². The molecule has 2 aromatic heterocycles. The van der Waals surface area contributed by atoms with Crippen molar-refractivity contribution in [3.8, 4) is 0 Å². The molecule has 0 radical (unpaired) electrons. The number of rotatable bonds is 4. The van der Waals surface area contributed by atoms with Gasteiger partial charge in [-0.15, -0.1) is 0 Å². The monoisotopic (exact) mass is 302 g/mol. The molecule has 5 nitrogen and oxygen atoms in total. The predicted molar refractivity (Wildman–Crippen MR) is 77.5 cm³/mol. The van der Waals surface area contributed by atoms with E-state index in [0.717, 1.165) is 0 Å². The van der Waals surface area contributed by atoms with Crippen molar-refractivity contribution < 1.29 is 8.78 Å². The van der Waals surface area contributed by atoms with Gasteiger partial charge >= 0.3 is 0 Å². The molecule has 1 aromatic carbocycles. The minimum Gasteiger partial charge on any atom is -0.291 e. The number of anilines is 1. The molecule has 0 atom stereocenters. The summed E-state index contributed by atoms with van der Waals surface area (Å²) in [5.74, 6) is -1.14. The molecular weight excluding hydrogens is 290 g/mol. The number of halogens is 2. The number of H-pyrrole nitrogens is 1. The van der Waals surface area contributed by atoms with Gasteiger partial charge in [-0.25, -0.2) is 13.8 Å². The van der Waals surface area contributed by atoms with E-state index in [0.29, 0.717) is 0 Å². The van der Waals surface area contributed by atoms with Crippen molar-refractivity contribution in [2.75, 3.05) is 5.43 Å². The first-order valence-corrected chi connectivity index (χ1v) is 6.55. The molecule has 2 N–H and O–H groups in total. The maximum atomic E-state index is 13.7. The fraction of sp³-hybridized carbons (Fsp3) is 0.0667. The molecule has 0 spiro atoms. The van der Waals surface area contributed by atoms with Gasteiger partial charge in [0, 0.05) is 30.4 Å². The number of aromatic amines is 1. The van der Waals surface area contributed by atoms with Gasteiger partial charge in [-0.3, -0.25) is 19.9 Å². The highest BCUT2D eigenvalue weighted by atomic mass is 19.1. The highest BCUT2D eigenvalue weighted by Gasteiger charge is 2.11. The lowest BCUT2D eigenvalue weighted by molar-refractivity contribution is 0.560. The SMILES string of the molecule is O=c1cc(Cc2c(F)cccc2F)nc(Nn2cccc2)[nH]1. The minimum atomic E-state index is -0.665. The minimum absolute atomic E-state index is 0.108. The normalized spacial score (nSPS) is 10.6. The van der Waals surface area contributed by atoms with Gasteiger partial charge in [-0.1, -0.05) is 6.07 Å². The molecule has 0 unspecified atom stereocenters. The molecule has 0 fully saturated rings. The molecule has 0 amide bonds. The zero-order valence-corrected chi connectivity index (χ0v) is 11.4. The Morgan fingerprint density at radius 1 is 1.14 bits per heavy atom. The second kappa shape index (κ2) is 5.80. The van der Waals surface area contributed by atoms with Crippen LogP contribution in [-0.2, 0) is 6.42 Å². The van der Waals surface area contributed by atoms with Crippen LogP contribution in [0.5, 0.6) is 0 Å². The van der Waals surface area contributed by atoms with Crippen LogP contribution < -0.4 is 11.0 Å². The van der Waals surface area contributed by atoms with Crippen molar-refractivity contribution in [1.82, 2.24) is 14.6 Å². The van der Waals surface area contributed by atoms with E-state index in [4.69, 9.17) is 0 Å². The second-order valence-corrected chi connectivity index (χ2v) is 4.66. The molecular formula is C15H12F2N4O. The Kier molecular flexibility index (Phi) is 3.69. The number of hydrogen-bond acceptors (Lipinski definition) is 3. The van der Waals surface area contributed by atoms with Crippen molar-refractivity contribution in [2.45, 2.75) is 6.42 Å². The van der Waals surface area contributed by atoms with E-state index in [9.17, 15) is 13.6 Å². The van der Waals surface area contributed by atoms with Gasteiger partial charge < -0.3 is 0 Å². The summed E-state index contributed by atoms with van der Waals surface area (Å²) >= 11 is 0. The van der Waals surface area contributed by atoms with Crippen molar-refractivity contribution >= 4 is 5.95 Å². The molecule has 0 saturated carbocycles. The summed E-state index contributed by atoms with van der Waals surface area (Å²) in [6, 6.07) is 8.44. The van der Waals surface area contributed by atoms with Crippen LogP contribution in [-0.4, -0.2) is 14.6 Å². The maximum Gasteiger partial charge on any atom is 0.252 e. The van der Waals surface area contributed by atoms with Crippen LogP contribution in [0.25, 0.3) is 0 Å². The number of nitrogens with zero attached hydrogens (tertiary/aromatic N) is 2. The summed E-state index contributed by atoms with van der Waals surface area (Å²) < 4.78 is 28.9. The first-order chi connectivity index (χ1) is 10.6. The quantitative estimate of drug-likeness (QED) is 0.777. The molecule has 0 saturated heterocycles. The lowest BCUT2D eigenvalue weighted by atomic mass is 10.1. The average Bonchev–Trinajstić information content (AvgIpc) is 2.95. The van der Waals surface area contributed by atoms with Crippen molar-refractivity contribution in [1.29, 1.82) is 0 Å². The Morgan fingerprint density at radius 2 is 1.82 bits per heavy atom. The molecule has 0 aliphatic rings. The van der Waals surface area contributed by atoms with E-state index in [1.807, 2.05) is 0 Å². The molecule has 0 aliphatic heterocycles. The summed E-state index contributed by atoms with van der Waals surface area (Å²) in [6.45, 7) is 0. The van der Waals surface area contributed by atoms with Gasteiger partial charge in [0.05, 0.1) is 5.69 Å². The molecule has 7 heteroatoms. The van der Waals surface area contributed by atoms with Gasteiger partial charge in [-0.05, 0) is 24.3 Å². The highest BCUT2D eigenvalue weighted by molar-refractivity contribution is 5.29. The van der Waals surface area contributed by atoms with Gasteiger partial charge in [-0.2, -0.15) is 0 Å². The molecule has 2 heterocycles.